The van der Waals surface area contributed by atoms with Crippen LogP contribution in [0.4, 0.5) is 0 Å². The predicted octanol–water partition coefficient (Wildman–Crippen LogP) is 6.00. The summed E-state index contributed by atoms with van der Waals surface area (Å²) in [5.74, 6) is -1.06. The van der Waals surface area contributed by atoms with E-state index in [-0.39, 0.29) is 12.2 Å². The number of carbonyl (C=O) groups is 1. The molecule has 0 amide bonds. The van der Waals surface area contributed by atoms with Gasteiger partial charge in [-0.15, -0.1) is 0 Å². The van der Waals surface area contributed by atoms with E-state index in [0.717, 1.165) is 5.56 Å². The Kier molecular flexibility index (Phi) is 4.47. The van der Waals surface area contributed by atoms with Gasteiger partial charge in [-0.1, -0.05) is 52.5 Å². The van der Waals surface area contributed by atoms with Crippen molar-refractivity contribution in [2.45, 2.75) is 6.54 Å². The van der Waals surface area contributed by atoms with E-state index in [1.807, 2.05) is 0 Å². The van der Waals surface area contributed by atoms with Crippen LogP contribution in [0.1, 0.15) is 16.1 Å². The summed E-state index contributed by atoms with van der Waals surface area (Å²) in [5, 5.41) is 11.8. The number of aromatic carboxylic acids is 1. The summed E-state index contributed by atoms with van der Waals surface area (Å²) in [5.41, 5.74) is 1.47. The molecule has 7 heteroatoms. The smallest absolute Gasteiger partial charge is 0.352 e. The molecule has 0 aliphatic heterocycles. The van der Waals surface area contributed by atoms with Gasteiger partial charge in [0.05, 0.1) is 25.6 Å². The second-order valence-corrected chi connectivity index (χ2v) is 6.59. The normalized spacial score (nSPS) is 11.1. The summed E-state index contributed by atoms with van der Waals surface area (Å²) in [6, 6.07) is 9.94. The van der Waals surface area contributed by atoms with Crippen LogP contribution in [-0.4, -0.2) is 15.6 Å². The van der Waals surface area contributed by atoms with Crippen LogP contribution in [0.15, 0.2) is 36.4 Å². The Hall–Kier alpha value is -1.39. The third-order valence-electron chi connectivity index (χ3n) is 3.50. The van der Waals surface area contributed by atoms with Crippen LogP contribution >= 0.6 is 46.4 Å². The minimum Gasteiger partial charge on any atom is -0.477 e. The Bertz CT molecular complexity index is 933. The zero-order chi connectivity index (χ0) is 16.7. The van der Waals surface area contributed by atoms with Gasteiger partial charge >= 0.3 is 5.97 Å². The first-order valence-electron chi connectivity index (χ1n) is 6.53. The molecular weight excluding hydrogens is 380 g/mol. The van der Waals surface area contributed by atoms with Crippen LogP contribution in [0.3, 0.4) is 0 Å². The van der Waals surface area contributed by atoms with Gasteiger partial charge in [-0.25, -0.2) is 4.79 Å². The highest BCUT2D eigenvalue weighted by molar-refractivity contribution is 6.42. The first-order valence-corrected chi connectivity index (χ1v) is 8.04. The average Bonchev–Trinajstić information content (AvgIpc) is 2.88. The summed E-state index contributed by atoms with van der Waals surface area (Å²) < 4.78 is 1.60. The predicted molar refractivity (Wildman–Crippen MR) is 94.5 cm³/mol. The van der Waals surface area contributed by atoms with Crippen LogP contribution in [0.2, 0.25) is 20.1 Å². The van der Waals surface area contributed by atoms with E-state index in [1.165, 1.54) is 6.07 Å². The van der Waals surface area contributed by atoms with Crippen molar-refractivity contribution >= 4 is 63.3 Å². The molecule has 0 unspecified atom stereocenters. The number of carboxylic acid groups (broad SMARTS) is 1. The molecule has 0 fully saturated rings. The fourth-order valence-electron chi connectivity index (χ4n) is 2.47. The van der Waals surface area contributed by atoms with Crippen molar-refractivity contribution in [3.05, 3.63) is 67.7 Å². The largest absolute Gasteiger partial charge is 0.477 e. The number of fused-ring (bicyclic) bond motifs is 1. The number of carboxylic acids is 1. The molecule has 3 aromatic rings. The summed E-state index contributed by atoms with van der Waals surface area (Å²) in [4.78, 5) is 11.6. The van der Waals surface area contributed by atoms with Crippen molar-refractivity contribution in [1.29, 1.82) is 0 Å². The number of rotatable bonds is 3. The van der Waals surface area contributed by atoms with Crippen molar-refractivity contribution in [3.63, 3.8) is 0 Å². The Morgan fingerprint density at radius 1 is 0.913 bits per heavy atom. The number of hydrogen-bond donors (Lipinski definition) is 1. The molecule has 3 nitrogen and oxygen atoms in total. The first-order chi connectivity index (χ1) is 10.9. The fourth-order valence-corrected chi connectivity index (χ4v) is 3.26. The number of hydrogen-bond acceptors (Lipinski definition) is 1. The van der Waals surface area contributed by atoms with Crippen molar-refractivity contribution in [3.8, 4) is 0 Å². The highest BCUT2D eigenvalue weighted by Crippen LogP contribution is 2.33. The zero-order valence-electron chi connectivity index (χ0n) is 11.5. The molecule has 1 aromatic heterocycles. The van der Waals surface area contributed by atoms with E-state index < -0.39 is 5.97 Å². The van der Waals surface area contributed by atoms with Crippen LogP contribution in [0.5, 0.6) is 0 Å². The minimum absolute atomic E-state index is 0.0982. The molecule has 118 valence electrons. The molecule has 0 aliphatic rings. The Morgan fingerprint density at radius 2 is 1.57 bits per heavy atom. The van der Waals surface area contributed by atoms with Gasteiger partial charge in [-0.2, -0.15) is 0 Å². The fraction of sp³-hybridized carbons (Fsp3) is 0.0625. The maximum atomic E-state index is 11.6. The highest BCUT2D eigenvalue weighted by Gasteiger charge is 2.19. The van der Waals surface area contributed by atoms with Crippen LogP contribution in [-0.2, 0) is 6.54 Å². The summed E-state index contributed by atoms with van der Waals surface area (Å²) in [6.07, 6.45) is 0. The molecule has 1 heterocycles. The third-order valence-corrected chi connectivity index (χ3v) is 4.87. The summed E-state index contributed by atoms with van der Waals surface area (Å²) in [6.45, 7) is 0.280. The van der Waals surface area contributed by atoms with Gasteiger partial charge < -0.3 is 9.67 Å². The van der Waals surface area contributed by atoms with Crippen LogP contribution in [0.25, 0.3) is 10.9 Å². The third kappa shape index (κ3) is 3.02. The van der Waals surface area contributed by atoms with Crippen molar-refractivity contribution in [2.24, 2.45) is 0 Å². The van der Waals surface area contributed by atoms with Gasteiger partial charge in [0, 0.05) is 11.9 Å². The van der Waals surface area contributed by atoms with Gasteiger partial charge in [0.25, 0.3) is 0 Å². The molecule has 0 bridgehead atoms. The molecule has 0 saturated carbocycles. The molecule has 3 rings (SSSR count). The van der Waals surface area contributed by atoms with Gasteiger partial charge in [-0.3, -0.25) is 0 Å². The van der Waals surface area contributed by atoms with E-state index in [9.17, 15) is 9.90 Å². The lowest BCUT2D eigenvalue weighted by Crippen LogP contribution is -2.09. The second kappa shape index (κ2) is 6.25. The number of halogens is 4. The second-order valence-electron chi connectivity index (χ2n) is 4.96. The van der Waals surface area contributed by atoms with Gasteiger partial charge in [0.2, 0.25) is 0 Å². The lowest BCUT2D eigenvalue weighted by atomic mass is 10.2. The standard InChI is InChI=1S/C16H9Cl4NO2/c17-10-3-4-12(19)15-9(10)6-14(16(22)23)21(15)7-8-1-2-11(18)13(20)5-8/h1-6H,7H2,(H,22,23). The molecule has 1 N–H and O–H groups in total. The average molecular weight is 389 g/mol. The minimum atomic E-state index is -1.06. The molecule has 2 aromatic carbocycles. The molecule has 0 saturated heterocycles. The van der Waals surface area contributed by atoms with Gasteiger partial charge in [0.1, 0.15) is 5.69 Å². The topological polar surface area (TPSA) is 42.2 Å². The first kappa shape index (κ1) is 16.5. The molecule has 0 atom stereocenters. The van der Waals surface area contributed by atoms with Crippen molar-refractivity contribution in [2.75, 3.05) is 0 Å². The van der Waals surface area contributed by atoms with E-state index in [4.69, 9.17) is 46.4 Å². The van der Waals surface area contributed by atoms with Crippen molar-refractivity contribution in [1.82, 2.24) is 4.57 Å². The van der Waals surface area contributed by atoms with E-state index >= 15 is 0 Å². The van der Waals surface area contributed by atoms with Crippen LogP contribution in [0, 0.1) is 0 Å². The Labute approximate surface area is 151 Å². The van der Waals surface area contributed by atoms with Gasteiger partial charge in [-0.05, 0) is 35.9 Å². The number of nitrogens with zero attached hydrogens (tertiary/aromatic N) is 1. The summed E-state index contributed by atoms with van der Waals surface area (Å²) in [7, 11) is 0. The van der Waals surface area contributed by atoms with E-state index in [0.29, 0.717) is 31.0 Å². The van der Waals surface area contributed by atoms with Crippen LogP contribution < -0.4 is 0 Å². The SMILES string of the molecule is O=C(O)c1cc2c(Cl)ccc(Cl)c2n1Cc1ccc(Cl)c(Cl)c1. The lowest BCUT2D eigenvalue weighted by molar-refractivity contribution is 0.0686. The van der Waals surface area contributed by atoms with E-state index in [1.54, 1.807) is 34.9 Å². The van der Waals surface area contributed by atoms with Gasteiger partial charge in [0.15, 0.2) is 0 Å². The maximum absolute atomic E-state index is 11.6. The van der Waals surface area contributed by atoms with E-state index in [2.05, 4.69) is 0 Å². The molecule has 0 spiro atoms. The lowest BCUT2D eigenvalue weighted by Gasteiger charge is -2.11. The Balaban J connectivity index is 2.22. The summed E-state index contributed by atoms with van der Waals surface area (Å²) >= 11 is 24.4. The molecular formula is C16H9Cl4NO2. The quantitative estimate of drug-likeness (QED) is 0.597. The zero-order valence-corrected chi connectivity index (χ0v) is 14.5. The monoisotopic (exact) mass is 387 g/mol. The van der Waals surface area contributed by atoms with Crippen molar-refractivity contribution < 1.29 is 9.90 Å². The Morgan fingerprint density at radius 3 is 2.22 bits per heavy atom. The highest BCUT2D eigenvalue weighted by atomic mass is 35.5. The number of aromatic nitrogens is 1. The molecule has 0 aliphatic carbocycles. The number of benzene rings is 2. The molecule has 23 heavy (non-hydrogen) atoms. The maximum Gasteiger partial charge on any atom is 0.352 e. The molecule has 0 radical (unpaired) electrons.